The monoisotopic (exact) mass is 2110 g/mol. The van der Waals surface area contributed by atoms with Gasteiger partial charge in [0.2, 0.25) is 0 Å². The predicted octanol–water partition coefficient (Wildman–Crippen LogP) is 33.2. The van der Waals surface area contributed by atoms with Gasteiger partial charge in [0.25, 0.3) is 0 Å². The minimum absolute atomic E-state index is 0.339. The van der Waals surface area contributed by atoms with Gasteiger partial charge in [0, 0.05) is 92.9 Å². The van der Waals surface area contributed by atoms with Crippen LogP contribution in [-0.4, -0.2) is 36.8 Å². The quantitative estimate of drug-likeness (QED) is 0.0894. The first kappa shape index (κ1) is 84.7. The number of fused-ring (bicyclic) bond motifs is 14. The van der Waals surface area contributed by atoms with Crippen molar-refractivity contribution in [3.8, 4) is 51.5 Å². The first-order valence-electron chi connectivity index (χ1n) is 41.8. The van der Waals surface area contributed by atoms with Crippen LogP contribution in [0.15, 0.2) is 250 Å². The summed E-state index contributed by atoms with van der Waals surface area (Å²) in [6, 6.07) is 85.1. The van der Waals surface area contributed by atoms with Crippen molar-refractivity contribution >= 4 is 184 Å². The Labute approximate surface area is 781 Å². The van der Waals surface area contributed by atoms with E-state index in [-0.39, 0.29) is 23.3 Å². The second-order valence-corrected chi connectivity index (χ2v) is 78.9. The maximum absolute atomic E-state index is 19.2. The molecule has 0 saturated carbocycles. The van der Waals surface area contributed by atoms with Crippen molar-refractivity contribution in [3.05, 3.63) is 417 Å². The molecule has 16 heteroatoms. The predicted molar refractivity (Wildman–Crippen MR) is 541 cm³/mol. The van der Waals surface area contributed by atoms with Crippen molar-refractivity contribution in [1.29, 1.82) is 0 Å². The van der Waals surface area contributed by atoms with E-state index in [4.69, 9.17) is 0 Å². The standard InChI is InChI=1S/C52H38F2S4.C44H30Br2F2S2.C6H2S2.6CH3.2Sn/c1-27-7-15-33(16-8-27)51(34-17-9-28(2)10-18-34)37-23-31(5)56-49(37)43-45(51)48(54)44-46(47(43)53)52(35-19-11-29(3)12-20-35,36-21-13-30(4)14-22-36)38-25-40(58-50(38)44)42-26-41-39(57-42)24-32(6)55-41;1-23-5-13-27(14-6-23)43(28-15-7-24(2)8-16-28)31-21-33(45)49-41(31)35-37(43)39(47)36-38(40(35)48)44(29-17-9-25(3)10-18-29,30-19-11-26(4)12-20-30)32-22-34(46)50-42(32)36;1-3-7-6-2-4-8-5(1)6;;;;;;;;/h7-26H,1-6H3;5-22H,1-4H3;1-2H;6*1H3;;. The van der Waals surface area contributed by atoms with Crippen molar-refractivity contribution in [1.82, 2.24) is 0 Å². The van der Waals surface area contributed by atoms with Crippen LogP contribution >= 0.6 is 123 Å². The average molecular weight is 2120 g/mol. The molecule has 10 aromatic carbocycles. The van der Waals surface area contributed by atoms with Gasteiger partial charge in [-0.2, -0.15) is 0 Å². The molecule has 0 unspecified atom stereocenters. The molecule has 0 fully saturated rings. The summed E-state index contributed by atoms with van der Waals surface area (Å²) in [5, 5.41) is 0. The summed E-state index contributed by atoms with van der Waals surface area (Å²) in [6.45, 7) is 20.7. The Kier molecular flexibility index (Phi) is 21.3. The normalized spacial score (nSPS) is 14.5. The van der Waals surface area contributed by atoms with Crippen LogP contribution in [0.3, 0.4) is 0 Å². The van der Waals surface area contributed by atoms with Gasteiger partial charge >= 0.3 is 116 Å². The van der Waals surface area contributed by atoms with E-state index in [2.05, 4.69) is 396 Å². The van der Waals surface area contributed by atoms with E-state index in [0.29, 0.717) is 44.5 Å². The summed E-state index contributed by atoms with van der Waals surface area (Å²) < 4.78 is 86.5. The van der Waals surface area contributed by atoms with Crippen molar-refractivity contribution < 1.29 is 17.6 Å². The Morgan fingerprint density at radius 1 is 0.234 bits per heavy atom. The van der Waals surface area contributed by atoms with Gasteiger partial charge in [-0.1, -0.05) is 239 Å². The topological polar surface area (TPSA) is 0 Å². The van der Waals surface area contributed by atoms with E-state index < -0.39 is 58.4 Å². The Bertz CT molecular complexity index is 6870. The molecule has 0 radical (unpaired) electrons. The summed E-state index contributed by atoms with van der Waals surface area (Å²) in [5.41, 5.74) is 18.6. The number of thiophene rings is 8. The summed E-state index contributed by atoms with van der Waals surface area (Å²) >= 11 is 17.8. The van der Waals surface area contributed by atoms with Crippen LogP contribution in [0.5, 0.6) is 0 Å². The fourth-order valence-electron chi connectivity index (χ4n) is 19.9. The van der Waals surface area contributed by atoms with E-state index in [9.17, 15) is 0 Å². The molecule has 8 aromatic heterocycles. The molecule has 4 aliphatic rings. The molecule has 4 aliphatic carbocycles. The fourth-order valence-corrected chi connectivity index (χ4v) is 41.6. The zero-order chi connectivity index (χ0) is 86.7. The number of aryl methyl sites for hydroxylation is 10. The Morgan fingerprint density at radius 2 is 0.460 bits per heavy atom. The van der Waals surface area contributed by atoms with Crippen LogP contribution in [0, 0.1) is 92.5 Å². The Balaban J connectivity index is 0.000000134. The van der Waals surface area contributed by atoms with Gasteiger partial charge in [0.1, 0.15) is 23.3 Å². The minimum atomic E-state index is -1.82. The second kappa shape index (κ2) is 31.2. The van der Waals surface area contributed by atoms with Gasteiger partial charge in [-0.3, -0.25) is 0 Å². The van der Waals surface area contributed by atoms with Crippen molar-refractivity contribution in [3.63, 3.8) is 0 Å². The number of rotatable bonds is 11. The van der Waals surface area contributed by atoms with Crippen molar-refractivity contribution in [2.45, 2.75) is 121 Å². The zero-order valence-electron chi connectivity index (χ0n) is 71.6. The van der Waals surface area contributed by atoms with E-state index in [1.54, 1.807) is 60.5 Å². The maximum atomic E-state index is 19.2. The molecule has 124 heavy (non-hydrogen) atoms. The van der Waals surface area contributed by atoms with Crippen LogP contribution in [0.2, 0.25) is 29.6 Å². The van der Waals surface area contributed by atoms with Gasteiger partial charge < -0.3 is 0 Å². The van der Waals surface area contributed by atoms with Crippen LogP contribution in [-0.2, 0) is 21.7 Å². The molecule has 0 nitrogen and oxygen atoms in total. The number of halogens is 6. The molecule has 18 aromatic rings. The third kappa shape index (κ3) is 13.1. The molecule has 0 atom stereocenters. The molecule has 0 bridgehead atoms. The van der Waals surface area contributed by atoms with Crippen LogP contribution in [0.4, 0.5) is 17.6 Å². The zero-order valence-corrected chi connectivity index (χ0v) is 87.0. The van der Waals surface area contributed by atoms with E-state index in [1.807, 2.05) is 0 Å². The van der Waals surface area contributed by atoms with E-state index >= 15 is 17.6 Å². The van der Waals surface area contributed by atoms with Gasteiger partial charge in [-0.05, 0) is 204 Å². The van der Waals surface area contributed by atoms with Crippen LogP contribution < -0.4 is 5.79 Å². The third-order valence-corrected chi connectivity index (χ3v) is 55.0. The van der Waals surface area contributed by atoms with Crippen molar-refractivity contribution in [2.75, 3.05) is 0 Å². The van der Waals surface area contributed by atoms with E-state index in [0.717, 1.165) is 153 Å². The Hall–Kier alpha value is -7.40. The molecular weight excluding hydrogens is 2030 g/mol. The molecule has 618 valence electrons. The fraction of sp³-hybridized carbons (Fsp3) is 0.185. The molecule has 0 N–H and O–H groups in total. The van der Waals surface area contributed by atoms with E-state index in [1.165, 1.54) is 37.0 Å². The number of hydrogen-bond donors (Lipinski definition) is 0. The first-order valence-corrected chi connectivity index (χ1v) is 69.9. The van der Waals surface area contributed by atoms with Crippen LogP contribution in [0.1, 0.15) is 143 Å². The molecule has 22 rings (SSSR count). The Morgan fingerprint density at radius 3 is 0.734 bits per heavy atom. The molecule has 8 heterocycles. The summed E-state index contributed by atoms with van der Waals surface area (Å²) in [7, 11) is 0. The number of benzene rings is 10. The molecule has 0 saturated heterocycles. The molecule has 0 spiro atoms. The van der Waals surface area contributed by atoms with Gasteiger partial charge in [-0.15, -0.1) is 68.0 Å². The molecule has 0 aliphatic heterocycles. The SMILES string of the molecule is Cc1ccc(C2(c3ccc(C)cc3)c3cc(Br)sc3-c3c(F)c4c(c(F)c32)-c2sc(Br)cc2C4(c2ccc(C)cc2)c2ccc(C)cc2)cc1.Cc1ccc(C2(c3ccc(C)cc3)c3cc(C)sc3-c3c(F)c4c(c(F)c32)-c2sc(-c3cc5sc(C)cc5s3)cc2C4(c2ccc(C)cc2)c2ccc(C)cc2)cc1.[CH3][Sn]([CH3])([CH3])[c]1cc2s[c]([Sn]([CH3])([CH3])[CH3])cc2s1. The number of hydrogen-bond acceptors (Lipinski definition) is 8. The summed E-state index contributed by atoms with van der Waals surface area (Å²) in [6.07, 6.45) is 0. The summed E-state index contributed by atoms with van der Waals surface area (Å²) in [4.78, 5) is 22.7. The molecular formula is C108H88Br2F4S8Sn2. The second-order valence-electron chi connectivity index (χ2n) is 36.4. The van der Waals surface area contributed by atoms with Gasteiger partial charge in [0.05, 0.1) is 29.2 Å². The average Bonchev–Trinajstić information content (AvgIpc) is 1.49. The summed E-state index contributed by atoms with van der Waals surface area (Å²) in [5.74, 6) is -1.41. The third-order valence-electron chi connectivity index (χ3n) is 25.9. The van der Waals surface area contributed by atoms with Crippen LogP contribution in [0.25, 0.3) is 70.3 Å². The van der Waals surface area contributed by atoms with Gasteiger partial charge in [-0.25, -0.2) is 17.6 Å². The van der Waals surface area contributed by atoms with Crippen molar-refractivity contribution in [2.24, 2.45) is 0 Å². The van der Waals surface area contributed by atoms with Gasteiger partial charge in [0.15, 0.2) is 0 Å². The molecule has 0 amide bonds. The first-order chi connectivity index (χ1) is 59.2.